The van der Waals surface area contributed by atoms with Gasteiger partial charge in [-0.15, -0.1) is 0 Å². The molecule has 0 saturated carbocycles. The quantitative estimate of drug-likeness (QED) is 0.705. The highest BCUT2D eigenvalue weighted by atomic mass is 19.1. The molecule has 0 amide bonds. The number of piperidine rings is 3. The minimum atomic E-state index is -0.546. The van der Waals surface area contributed by atoms with Crippen molar-refractivity contribution in [1.29, 1.82) is 0 Å². The molecule has 0 spiro atoms. The van der Waals surface area contributed by atoms with Crippen LogP contribution in [0, 0.1) is 17.3 Å². The van der Waals surface area contributed by atoms with Crippen LogP contribution in [0.25, 0.3) is 0 Å². The van der Waals surface area contributed by atoms with Crippen LogP contribution in [0.4, 0.5) is 4.39 Å². The van der Waals surface area contributed by atoms with E-state index in [9.17, 15) is 4.39 Å². The smallest absolute Gasteiger partial charge is 0.103 e. The Balaban J connectivity index is 1.37. The molecule has 0 bridgehead atoms. The summed E-state index contributed by atoms with van der Waals surface area (Å²) in [6, 6.07) is 0. The summed E-state index contributed by atoms with van der Waals surface area (Å²) in [6.07, 6.45) is 7.78. The van der Waals surface area contributed by atoms with Crippen molar-refractivity contribution in [1.82, 2.24) is 14.7 Å². The second kappa shape index (κ2) is 9.34. The van der Waals surface area contributed by atoms with E-state index in [1.165, 1.54) is 71.4 Å². The van der Waals surface area contributed by atoms with Gasteiger partial charge in [0.15, 0.2) is 0 Å². The van der Waals surface area contributed by atoms with E-state index >= 15 is 0 Å². The molecule has 3 heterocycles. The molecule has 0 aromatic rings. The molecule has 152 valence electrons. The first kappa shape index (κ1) is 20.5. The topological polar surface area (TPSA) is 9.72 Å². The minimum Gasteiger partial charge on any atom is -0.306 e. The summed E-state index contributed by atoms with van der Waals surface area (Å²) < 4.78 is 13.3. The van der Waals surface area contributed by atoms with Crippen LogP contribution in [-0.4, -0.2) is 80.3 Å². The molecule has 4 heteroatoms. The molecule has 3 aliphatic rings. The molecule has 3 nitrogen and oxygen atoms in total. The summed E-state index contributed by atoms with van der Waals surface area (Å²) in [4.78, 5) is 7.71. The lowest BCUT2D eigenvalue weighted by Crippen LogP contribution is -2.47. The Kier molecular flexibility index (Phi) is 7.38. The van der Waals surface area contributed by atoms with E-state index in [0.29, 0.717) is 5.41 Å². The normalized spacial score (nSPS) is 30.7. The lowest BCUT2D eigenvalue weighted by Gasteiger charge is -2.45. The van der Waals surface area contributed by atoms with Crippen LogP contribution in [0.5, 0.6) is 0 Å². The van der Waals surface area contributed by atoms with E-state index < -0.39 is 6.17 Å². The second-order valence-electron chi connectivity index (χ2n) is 10.1. The van der Waals surface area contributed by atoms with E-state index in [1.54, 1.807) is 0 Å². The van der Waals surface area contributed by atoms with Crippen molar-refractivity contribution in [2.75, 3.05) is 59.4 Å². The van der Waals surface area contributed by atoms with Gasteiger partial charge in [0.2, 0.25) is 0 Å². The Bertz CT molecular complexity index is 412. The lowest BCUT2D eigenvalue weighted by molar-refractivity contribution is 0.0360. The Morgan fingerprint density at radius 2 is 1.42 bits per heavy atom. The minimum absolute atomic E-state index is 0.420. The molecule has 3 saturated heterocycles. The summed E-state index contributed by atoms with van der Waals surface area (Å²) in [5, 5.41) is 0. The van der Waals surface area contributed by atoms with Crippen molar-refractivity contribution in [3.63, 3.8) is 0 Å². The summed E-state index contributed by atoms with van der Waals surface area (Å²) in [5.74, 6) is 1.77. The third-order valence-corrected chi connectivity index (χ3v) is 7.53. The first-order chi connectivity index (χ1) is 12.4. The highest BCUT2D eigenvalue weighted by Gasteiger charge is 2.36. The van der Waals surface area contributed by atoms with E-state index in [0.717, 1.165) is 37.8 Å². The van der Waals surface area contributed by atoms with Crippen molar-refractivity contribution in [2.45, 2.75) is 65.0 Å². The van der Waals surface area contributed by atoms with Crippen molar-refractivity contribution in [2.24, 2.45) is 17.3 Å². The maximum atomic E-state index is 13.3. The van der Waals surface area contributed by atoms with Gasteiger partial charge in [0, 0.05) is 19.6 Å². The van der Waals surface area contributed by atoms with E-state index in [4.69, 9.17) is 0 Å². The zero-order chi connectivity index (χ0) is 18.6. The summed E-state index contributed by atoms with van der Waals surface area (Å²) in [6.45, 7) is 14.5. The van der Waals surface area contributed by atoms with Gasteiger partial charge in [-0.25, -0.2) is 4.39 Å². The zero-order valence-electron chi connectivity index (χ0n) is 17.6. The lowest BCUT2D eigenvalue weighted by atomic mass is 9.72. The first-order valence-electron chi connectivity index (χ1n) is 11.2. The fourth-order valence-electron chi connectivity index (χ4n) is 5.42. The van der Waals surface area contributed by atoms with Gasteiger partial charge in [-0.3, -0.25) is 0 Å². The standard InChI is InChI=1S/C22H42FN3/c1-22(2)18-26(13-6-19-4-11-24(3)12-5-19)15-8-20(22)7-14-25-16-9-21(23)10-17-25/h19-21H,4-18H2,1-3H3. The monoisotopic (exact) mass is 367 g/mol. The van der Waals surface area contributed by atoms with Crippen LogP contribution in [0.15, 0.2) is 0 Å². The largest absolute Gasteiger partial charge is 0.306 e. The van der Waals surface area contributed by atoms with Crippen molar-refractivity contribution < 1.29 is 4.39 Å². The maximum absolute atomic E-state index is 13.3. The molecule has 3 fully saturated rings. The van der Waals surface area contributed by atoms with Crippen LogP contribution in [0.2, 0.25) is 0 Å². The Morgan fingerprint density at radius 3 is 2.08 bits per heavy atom. The zero-order valence-corrected chi connectivity index (χ0v) is 17.6. The van der Waals surface area contributed by atoms with Gasteiger partial charge in [0.05, 0.1) is 0 Å². The molecular weight excluding hydrogens is 325 g/mol. The number of rotatable bonds is 6. The van der Waals surface area contributed by atoms with Crippen LogP contribution >= 0.6 is 0 Å². The summed E-state index contributed by atoms with van der Waals surface area (Å²) in [7, 11) is 2.25. The van der Waals surface area contributed by atoms with Gasteiger partial charge in [-0.05, 0) is 102 Å². The molecule has 0 aliphatic carbocycles. The molecule has 0 radical (unpaired) electrons. The highest BCUT2D eigenvalue weighted by Crippen LogP contribution is 2.37. The Hall–Kier alpha value is -0.190. The molecule has 26 heavy (non-hydrogen) atoms. The third kappa shape index (κ3) is 5.90. The van der Waals surface area contributed by atoms with Crippen molar-refractivity contribution >= 4 is 0 Å². The molecule has 1 atom stereocenters. The molecule has 1 unspecified atom stereocenters. The average molecular weight is 368 g/mol. The van der Waals surface area contributed by atoms with E-state index in [1.807, 2.05) is 0 Å². The predicted octanol–water partition coefficient (Wildman–Crippen LogP) is 3.89. The number of likely N-dealkylation sites (tertiary alicyclic amines) is 3. The third-order valence-electron chi connectivity index (χ3n) is 7.53. The van der Waals surface area contributed by atoms with Gasteiger partial charge in [0.25, 0.3) is 0 Å². The average Bonchev–Trinajstić information content (AvgIpc) is 2.61. The SMILES string of the molecule is CN1CCC(CCN2CCC(CCN3CCC(F)CC3)C(C)(C)C2)CC1. The number of hydrogen-bond donors (Lipinski definition) is 0. The first-order valence-corrected chi connectivity index (χ1v) is 11.2. The Labute approximate surface area is 161 Å². The molecule has 0 N–H and O–H groups in total. The van der Waals surface area contributed by atoms with Gasteiger partial charge in [0.1, 0.15) is 6.17 Å². The molecule has 3 rings (SSSR count). The second-order valence-corrected chi connectivity index (χ2v) is 10.1. The van der Waals surface area contributed by atoms with Crippen LogP contribution in [-0.2, 0) is 0 Å². The fourth-order valence-corrected chi connectivity index (χ4v) is 5.42. The van der Waals surface area contributed by atoms with Gasteiger partial charge >= 0.3 is 0 Å². The number of alkyl halides is 1. The number of halogens is 1. The summed E-state index contributed by atoms with van der Waals surface area (Å²) in [5.41, 5.74) is 0.420. The number of nitrogens with zero attached hydrogens (tertiary/aromatic N) is 3. The highest BCUT2D eigenvalue weighted by molar-refractivity contribution is 4.88. The van der Waals surface area contributed by atoms with E-state index in [-0.39, 0.29) is 0 Å². The fraction of sp³-hybridized carbons (Fsp3) is 1.00. The van der Waals surface area contributed by atoms with Crippen LogP contribution < -0.4 is 0 Å². The van der Waals surface area contributed by atoms with Gasteiger partial charge in [-0.2, -0.15) is 0 Å². The van der Waals surface area contributed by atoms with Gasteiger partial charge < -0.3 is 14.7 Å². The Morgan fingerprint density at radius 1 is 0.808 bits per heavy atom. The summed E-state index contributed by atoms with van der Waals surface area (Å²) >= 11 is 0. The predicted molar refractivity (Wildman–Crippen MR) is 108 cm³/mol. The van der Waals surface area contributed by atoms with Crippen molar-refractivity contribution in [3.05, 3.63) is 0 Å². The molecule has 0 aromatic heterocycles. The van der Waals surface area contributed by atoms with Gasteiger partial charge in [-0.1, -0.05) is 13.8 Å². The number of hydrogen-bond acceptors (Lipinski definition) is 3. The van der Waals surface area contributed by atoms with Crippen molar-refractivity contribution in [3.8, 4) is 0 Å². The molecule has 0 aromatic carbocycles. The maximum Gasteiger partial charge on any atom is 0.103 e. The van der Waals surface area contributed by atoms with Crippen LogP contribution in [0.1, 0.15) is 58.8 Å². The molecular formula is C22H42FN3. The van der Waals surface area contributed by atoms with E-state index in [2.05, 4.69) is 35.6 Å². The van der Waals surface area contributed by atoms with Crippen LogP contribution in [0.3, 0.4) is 0 Å². The molecule has 3 aliphatic heterocycles.